The summed E-state index contributed by atoms with van der Waals surface area (Å²) in [4.78, 5) is 28.5. The molecule has 37 heavy (non-hydrogen) atoms. The van der Waals surface area contributed by atoms with Crippen LogP contribution < -0.4 is 10.5 Å². The zero-order chi connectivity index (χ0) is 27.2. The highest BCUT2D eigenvalue weighted by molar-refractivity contribution is 8.00. The van der Waals surface area contributed by atoms with Crippen LogP contribution in [0.3, 0.4) is 0 Å². The zero-order valence-corrected chi connectivity index (χ0v) is 22.0. The first-order valence-corrected chi connectivity index (χ1v) is 13.7. The molecule has 0 bridgehead atoms. The molecule has 0 spiro atoms. The highest BCUT2D eigenvalue weighted by atomic mass is 32.2. The van der Waals surface area contributed by atoms with Crippen molar-refractivity contribution in [1.29, 1.82) is 5.41 Å². The van der Waals surface area contributed by atoms with Crippen molar-refractivity contribution >= 4 is 52.1 Å². The van der Waals surface area contributed by atoms with Crippen LogP contribution in [0, 0.1) is 5.41 Å². The molecule has 1 aromatic carbocycles. The first kappa shape index (κ1) is 28.5. The van der Waals surface area contributed by atoms with Gasteiger partial charge >= 0.3 is 12.1 Å². The molecule has 0 atom stereocenters. The summed E-state index contributed by atoms with van der Waals surface area (Å²) in [6.45, 7) is 1.72. The molecule has 8 nitrogen and oxygen atoms in total. The second-order valence-electron chi connectivity index (χ2n) is 7.67. The Morgan fingerprint density at radius 3 is 2.54 bits per heavy atom. The summed E-state index contributed by atoms with van der Waals surface area (Å²) in [6.07, 6.45) is -0.925. The number of ether oxygens (including phenoxy) is 1. The molecule has 0 aliphatic carbocycles. The number of rotatable bonds is 7. The van der Waals surface area contributed by atoms with Crippen molar-refractivity contribution in [3.63, 3.8) is 0 Å². The molecule has 14 heteroatoms. The van der Waals surface area contributed by atoms with Gasteiger partial charge in [0.25, 0.3) is 5.91 Å². The number of nitrogens with zero attached hydrogens (tertiary/aromatic N) is 2. The lowest BCUT2D eigenvalue weighted by Crippen LogP contribution is -2.32. The van der Waals surface area contributed by atoms with E-state index in [1.165, 1.54) is 11.3 Å². The molecule has 0 unspecified atom stereocenters. The van der Waals surface area contributed by atoms with E-state index in [1.54, 1.807) is 23.1 Å². The molecule has 1 aliphatic heterocycles. The Bertz CT molecular complexity index is 1270. The second-order valence-corrected chi connectivity index (χ2v) is 10.7. The van der Waals surface area contributed by atoms with E-state index in [9.17, 15) is 18.0 Å². The second kappa shape index (κ2) is 12.4. The number of thiazole rings is 1. The van der Waals surface area contributed by atoms with Crippen LogP contribution in [-0.4, -0.2) is 64.8 Å². The van der Waals surface area contributed by atoms with Gasteiger partial charge in [0.1, 0.15) is 16.6 Å². The van der Waals surface area contributed by atoms with E-state index in [1.807, 2.05) is 46.9 Å². The Morgan fingerprint density at radius 2 is 1.95 bits per heavy atom. The van der Waals surface area contributed by atoms with Crippen LogP contribution in [0.4, 0.5) is 13.2 Å². The van der Waals surface area contributed by atoms with Gasteiger partial charge in [-0.25, -0.2) is 9.78 Å². The monoisotopic (exact) mass is 572 g/mol. The smallest absolute Gasteiger partial charge is 0.484 e. The fourth-order valence-corrected chi connectivity index (χ4v) is 6.00. The molecule has 4 N–H and O–H groups in total. The molecule has 1 amide bonds. The molecule has 1 aliphatic rings. The maximum absolute atomic E-state index is 12.2. The largest absolute Gasteiger partial charge is 0.490 e. The van der Waals surface area contributed by atoms with Crippen LogP contribution in [0.25, 0.3) is 21.8 Å². The summed E-state index contributed by atoms with van der Waals surface area (Å²) in [5, 5.41) is 17.7. The van der Waals surface area contributed by atoms with E-state index in [0.717, 1.165) is 56.8 Å². The average Bonchev–Trinajstić information content (AvgIpc) is 3.62. The lowest BCUT2D eigenvalue weighted by atomic mass is 10.1. The number of aliphatic carboxylic acids is 1. The van der Waals surface area contributed by atoms with Gasteiger partial charge in [-0.2, -0.15) is 13.2 Å². The van der Waals surface area contributed by atoms with Gasteiger partial charge in [-0.1, -0.05) is 12.1 Å². The maximum Gasteiger partial charge on any atom is 0.490 e. The predicted molar refractivity (Wildman–Crippen MR) is 139 cm³/mol. The van der Waals surface area contributed by atoms with Crippen LogP contribution in [0.15, 0.2) is 39.9 Å². The van der Waals surface area contributed by atoms with Gasteiger partial charge in [0.05, 0.1) is 14.8 Å². The first-order chi connectivity index (χ1) is 17.5. The van der Waals surface area contributed by atoms with Crippen molar-refractivity contribution in [1.82, 2.24) is 9.88 Å². The number of hydrogen-bond donors (Lipinski definition) is 3. The third-order valence-electron chi connectivity index (χ3n) is 5.08. The fourth-order valence-electron chi connectivity index (χ4n) is 3.29. The summed E-state index contributed by atoms with van der Waals surface area (Å²) in [5.41, 5.74) is 8.47. The molecule has 0 saturated carbocycles. The Labute approximate surface area is 222 Å². The minimum atomic E-state index is -5.08. The third-order valence-corrected chi connectivity index (χ3v) is 8.26. The van der Waals surface area contributed by atoms with Crippen molar-refractivity contribution in [2.45, 2.75) is 23.2 Å². The SMILES string of the molecule is CSc1sc(C(=N)N)cc1-c1nc(-c2cccc(OCC(=O)N3CCCC3)c2)cs1.O=C(O)C(F)(F)F. The number of hydrogen-bond acceptors (Lipinski definition) is 8. The lowest BCUT2D eigenvalue weighted by molar-refractivity contribution is -0.192. The Balaban J connectivity index is 0.000000479. The number of carboxylic acid groups (broad SMARTS) is 1. The van der Waals surface area contributed by atoms with Gasteiger partial charge in [-0.15, -0.1) is 34.4 Å². The number of thioether (sulfide) groups is 1. The summed E-state index contributed by atoms with van der Waals surface area (Å²) in [7, 11) is 0. The summed E-state index contributed by atoms with van der Waals surface area (Å²) in [6, 6.07) is 9.61. The summed E-state index contributed by atoms with van der Waals surface area (Å²) in [5.74, 6) is -1.98. The van der Waals surface area contributed by atoms with E-state index in [0.29, 0.717) is 5.75 Å². The maximum atomic E-state index is 12.2. The molecule has 2 aromatic heterocycles. The molecule has 3 heterocycles. The molecule has 0 radical (unpaired) electrons. The molecule has 1 fully saturated rings. The van der Waals surface area contributed by atoms with E-state index in [-0.39, 0.29) is 18.3 Å². The van der Waals surface area contributed by atoms with E-state index >= 15 is 0 Å². The molecular weight excluding hydrogens is 549 g/mol. The van der Waals surface area contributed by atoms with Crippen molar-refractivity contribution in [2.75, 3.05) is 26.0 Å². The fraction of sp³-hybridized carbons (Fsp3) is 0.304. The van der Waals surface area contributed by atoms with Gasteiger partial charge in [0.2, 0.25) is 0 Å². The van der Waals surface area contributed by atoms with Crippen LogP contribution in [-0.2, 0) is 9.59 Å². The standard InChI is InChI=1S/C21H22N4O2S3.C2HF3O2/c1-28-21-15(10-17(30-21)19(22)23)20-24-16(12-29-20)13-5-4-6-14(9-13)27-11-18(26)25-7-2-3-8-25;3-2(4,5)1(6)7/h4-6,9-10,12H,2-3,7-8,11H2,1H3,(H3,22,23);(H,6,7). The summed E-state index contributed by atoms with van der Waals surface area (Å²) < 4.78 is 38.6. The van der Waals surface area contributed by atoms with E-state index < -0.39 is 12.1 Å². The number of carboxylic acids is 1. The number of amides is 1. The van der Waals surface area contributed by atoms with Crippen molar-refractivity contribution < 1.29 is 32.6 Å². The number of nitrogens with two attached hydrogens (primary N) is 1. The van der Waals surface area contributed by atoms with Gasteiger partial charge in [-0.05, 0) is 37.3 Å². The van der Waals surface area contributed by atoms with Crippen molar-refractivity contribution in [2.24, 2.45) is 5.73 Å². The molecule has 198 valence electrons. The molecule has 1 saturated heterocycles. The number of thiophene rings is 1. The topological polar surface area (TPSA) is 130 Å². The van der Waals surface area contributed by atoms with Gasteiger partial charge in [0.15, 0.2) is 6.61 Å². The number of benzene rings is 1. The van der Waals surface area contributed by atoms with Gasteiger partial charge < -0.3 is 20.5 Å². The Hall–Kier alpha value is -3.10. The number of likely N-dealkylation sites (tertiary alicyclic amines) is 1. The number of halogens is 3. The summed E-state index contributed by atoms with van der Waals surface area (Å²) >= 11 is 4.71. The van der Waals surface area contributed by atoms with Crippen LogP contribution in [0.1, 0.15) is 17.7 Å². The van der Waals surface area contributed by atoms with Crippen LogP contribution in [0.2, 0.25) is 0 Å². The van der Waals surface area contributed by atoms with Crippen LogP contribution in [0.5, 0.6) is 5.75 Å². The quantitative estimate of drug-likeness (QED) is 0.202. The molecule has 4 rings (SSSR count). The van der Waals surface area contributed by atoms with E-state index in [4.69, 9.17) is 30.8 Å². The Kier molecular flexibility index (Phi) is 9.56. The van der Waals surface area contributed by atoms with Gasteiger partial charge in [0, 0.05) is 29.6 Å². The first-order valence-electron chi connectivity index (χ1n) is 10.8. The van der Waals surface area contributed by atoms with Gasteiger partial charge in [-0.3, -0.25) is 10.2 Å². The number of carbonyl (C=O) groups excluding carboxylic acids is 1. The predicted octanol–water partition coefficient (Wildman–Crippen LogP) is 5.18. The number of amidine groups is 1. The van der Waals surface area contributed by atoms with Crippen molar-refractivity contribution in [3.05, 3.63) is 40.6 Å². The van der Waals surface area contributed by atoms with Crippen LogP contribution >= 0.6 is 34.4 Å². The average molecular weight is 573 g/mol. The normalized spacial score (nSPS) is 13.1. The number of alkyl halides is 3. The lowest BCUT2D eigenvalue weighted by Gasteiger charge is -2.15. The number of nitrogen functional groups attached to an aromatic ring is 1. The third kappa shape index (κ3) is 7.69. The number of carbonyl (C=O) groups is 2. The highest BCUT2D eigenvalue weighted by Crippen LogP contribution is 2.40. The molecule has 3 aromatic rings. The number of aromatic nitrogens is 1. The minimum absolute atomic E-state index is 0.0391. The highest BCUT2D eigenvalue weighted by Gasteiger charge is 2.38. The van der Waals surface area contributed by atoms with Crippen molar-refractivity contribution in [3.8, 4) is 27.6 Å². The molecular formula is C23H23F3N4O4S3. The minimum Gasteiger partial charge on any atom is -0.484 e. The van der Waals surface area contributed by atoms with E-state index in [2.05, 4.69) is 0 Å². The zero-order valence-electron chi connectivity index (χ0n) is 19.5. The number of nitrogens with one attached hydrogen (secondary N) is 1. The Morgan fingerprint density at radius 1 is 1.27 bits per heavy atom.